The van der Waals surface area contributed by atoms with Crippen LogP contribution >= 0.6 is 27.5 Å². The highest BCUT2D eigenvalue weighted by atomic mass is 79.9. The van der Waals surface area contributed by atoms with Crippen LogP contribution in [0.5, 0.6) is 5.75 Å². The van der Waals surface area contributed by atoms with Gasteiger partial charge in [-0.1, -0.05) is 27.5 Å². The van der Waals surface area contributed by atoms with Gasteiger partial charge in [0.05, 0.1) is 18.4 Å². The molecular weight excluding hydrogens is 340 g/mol. The maximum atomic E-state index is 9.09. The lowest BCUT2D eigenvalue weighted by molar-refractivity contribution is 0.410. The third-order valence-corrected chi connectivity index (χ3v) is 3.54. The van der Waals surface area contributed by atoms with Crippen LogP contribution in [0.3, 0.4) is 0 Å². The number of nitrogens with zero attached hydrogens (tertiary/aromatic N) is 1. The summed E-state index contributed by atoms with van der Waals surface area (Å²) in [5.41, 5.74) is 2.26. The van der Waals surface area contributed by atoms with Crippen molar-refractivity contribution in [2.75, 3.05) is 12.4 Å². The number of halogens is 2. The molecular formula is C15H12BrClN2O. The van der Waals surface area contributed by atoms with Crippen molar-refractivity contribution in [1.29, 1.82) is 5.26 Å². The SMILES string of the molecule is COc1ccc(Br)cc1CNc1cc(Cl)ccc1C#N. The summed E-state index contributed by atoms with van der Waals surface area (Å²) in [6.45, 7) is 0.539. The molecule has 2 aromatic rings. The Hall–Kier alpha value is -1.70. The minimum atomic E-state index is 0.539. The molecule has 0 saturated heterocycles. The number of anilines is 1. The summed E-state index contributed by atoms with van der Waals surface area (Å²) in [7, 11) is 1.63. The van der Waals surface area contributed by atoms with Gasteiger partial charge in [0.25, 0.3) is 0 Å². The van der Waals surface area contributed by atoms with E-state index in [-0.39, 0.29) is 0 Å². The van der Waals surface area contributed by atoms with Crippen LogP contribution in [0.25, 0.3) is 0 Å². The van der Waals surface area contributed by atoms with Gasteiger partial charge in [0.1, 0.15) is 11.8 Å². The van der Waals surface area contributed by atoms with Crippen molar-refractivity contribution in [3.05, 3.63) is 57.0 Å². The molecule has 0 atom stereocenters. The molecule has 1 N–H and O–H groups in total. The van der Waals surface area contributed by atoms with E-state index in [0.717, 1.165) is 15.8 Å². The van der Waals surface area contributed by atoms with Crippen LogP contribution in [0.2, 0.25) is 5.02 Å². The zero-order chi connectivity index (χ0) is 14.5. The molecule has 20 heavy (non-hydrogen) atoms. The lowest BCUT2D eigenvalue weighted by Gasteiger charge is -2.12. The van der Waals surface area contributed by atoms with E-state index in [2.05, 4.69) is 27.3 Å². The third kappa shape index (κ3) is 3.44. The van der Waals surface area contributed by atoms with Crippen molar-refractivity contribution >= 4 is 33.2 Å². The van der Waals surface area contributed by atoms with Gasteiger partial charge in [0, 0.05) is 21.6 Å². The number of hydrogen-bond acceptors (Lipinski definition) is 3. The molecule has 0 saturated carbocycles. The first-order valence-electron chi connectivity index (χ1n) is 5.90. The molecule has 2 rings (SSSR count). The van der Waals surface area contributed by atoms with Gasteiger partial charge in [0.15, 0.2) is 0 Å². The molecule has 2 aromatic carbocycles. The fourth-order valence-electron chi connectivity index (χ4n) is 1.84. The molecule has 102 valence electrons. The second-order valence-corrected chi connectivity index (χ2v) is 5.46. The number of rotatable bonds is 4. The number of methoxy groups -OCH3 is 1. The van der Waals surface area contributed by atoms with Crippen molar-refractivity contribution in [2.24, 2.45) is 0 Å². The number of ether oxygens (including phenoxy) is 1. The molecule has 5 heteroatoms. The van der Waals surface area contributed by atoms with Gasteiger partial charge in [-0.25, -0.2) is 0 Å². The number of benzene rings is 2. The molecule has 0 aliphatic rings. The minimum Gasteiger partial charge on any atom is -0.496 e. The summed E-state index contributed by atoms with van der Waals surface area (Å²) in [4.78, 5) is 0. The Balaban J connectivity index is 2.23. The minimum absolute atomic E-state index is 0.539. The highest BCUT2D eigenvalue weighted by Gasteiger charge is 2.06. The van der Waals surface area contributed by atoms with Gasteiger partial charge in [-0.3, -0.25) is 0 Å². The van der Waals surface area contributed by atoms with E-state index in [1.807, 2.05) is 18.2 Å². The zero-order valence-electron chi connectivity index (χ0n) is 10.8. The first-order chi connectivity index (χ1) is 9.63. The van der Waals surface area contributed by atoms with Gasteiger partial charge in [-0.15, -0.1) is 0 Å². The normalized spacial score (nSPS) is 9.90. The Kier molecular flexibility index (Phi) is 4.89. The molecule has 3 nitrogen and oxygen atoms in total. The van der Waals surface area contributed by atoms with Gasteiger partial charge >= 0.3 is 0 Å². The summed E-state index contributed by atoms with van der Waals surface area (Å²) >= 11 is 9.39. The topological polar surface area (TPSA) is 45.0 Å². The van der Waals surface area contributed by atoms with Crippen molar-refractivity contribution in [3.8, 4) is 11.8 Å². The number of hydrogen-bond donors (Lipinski definition) is 1. The van der Waals surface area contributed by atoms with E-state index in [1.54, 1.807) is 25.3 Å². The standard InChI is InChI=1S/C15H12BrClN2O/c1-20-15-5-3-12(16)6-11(15)9-19-14-7-13(17)4-2-10(14)8-18/h2-7,19H,9H2,1H3. The molecule has 0 bridgehead atoms. The van der Waals surface area contributed by atoms with Crippen molar-refractivity contribution in [3.63, 3.8) is 0 Å². The largest absolute Gasteiger partial charge is 0.496 e. The average molecular weight is 352 g/mol. The van der Waals surface area contributed by atoms with E-state index >= 15 is 0 Å². The second kappa shape index (κ2) is 6.65. The molecule has 0 aliphatic heterocycles. The Morgan fingerprint density at radius 1 is 1.30 bits per heavy atom. The lowest BCUT2D eigenvalue weighted by Crippen LogP contribution is -2.03. The Morgan fingerprint density at radius 2 is 2.10 bits per heavy atom. The average Bonchev–Trinajstić information content (AvgIpc) is 2.45. The maximum absolute atomic E-state index is 9.09. The summed E-state index contributed by atoms with van der Waals surface area (Å²) in [5.74, 6) is 0.793. The highest BCUT2D eigenvalue weighted by Crippen LogP contribution is 2.26. The van der Waals surface area contributed by atoms with Crippen LogP contribution < -0.4 is 10.1 Å². The number of nitrogens with one attached hydrogen (secondary N) is 1. The van der Waals surface area contributed by atoms with E-state index in [9.17, 15) is 0 Å². The van der Waals surface area contributed by atoms with Crippen molar-refractivity contribution < 1.29 is 4.74 Å². The summed E-state index contributed by atoms with van der Waals surface area (Å²) in [6, 6.07) is 13.1. The maximum Gasteiger partial charge on any atom is 0.123 e. The van der Waals surface area contributed by atoms with E-state index in [4.69, 9.17) is 21.6 Å². The van der Waals surface area contributed by atoms with Gasteiger partial charge < -0.3 is 10.1 Å². The van der Waals surface area contributed by atoms with Crippen molar-refractivity contribution in [2.45, 2.75) is 6.54 Å². The predicted octanol–water partition coefficient (Wildman–Crippen LogP) is 4.59. The Morgan fingerprint density at radius 3 is 2.80 bits per heavy atom. The fraction of sp³-hybridized carbons (Fsp3) is 0.133. The molecule has 0 fully saturated rings. The quantitative estimate of drug-likeness (QED) is 0.876. The molecule has 0 spiro atoms. The van der Waals surface area contributed by atoms with E-state index in [1.165, 1.54) is 0 Å². The predicted molar refractivity (Wildman–Crippen MR) is 84.2 cm³/mol. The summed E-state index contributed by atoms with van der Waals surface area (Å²) in [6.07, 6.45) is 0. The lowest BCUT2D eigenvalue weighted by atomic mass is 10.1. The molecule has 0 aliphatic carbocycles. The Labute approximate surface area is 131 Å². The Bertz CT molecular complexity index is 667. The van der Waals surface area contributed by atoms with Crippen LogP contribution in [0.4, 0.5) is 5.69 Å². The monoisotopic (exact) mass is 350 g/mol. The van der Waals surface area contributed by atoms with Gasteiger partial charge in [0.2, 0.25) is 0 Å². The molecule has 0 radical (unpaired) electrons. The van der Waals surface area contributed by atoms with E-state index < -0.39 is 0 Å². The zero-order valence-corrected chi connectivity index (χ0v) is 13.1. The number of nitriles is 1. The van der Waals surface area contributed by atoms with Crippen LogP contribution in [-0.4, -0.2) is 7.11 Å². The van der Waals surface area contributed by atoms with E-state index in [0.29, 0.717) is 22.8 Å². The molecule has 0 amide bonds. The first-order valence-corrected chi connectivity index (χ1v) is 7.07. The molecule has 0 aromatic heterocycles. The third-order valence-electron chi connectivity index (χ3n) is 2.81. The van der Waals surface area contributed by atoms with Crippen LogP contribution in [-0.2, 0) is 6.54 Å². The summed E-state index contributed by atoms with van der Waals surface area (Å²) < 4.78 is 6.29. The molecule has 0 unspecified atom stereocenters. The van der Waals surface area contributed by atoms with Crippen LogP contribution in [0.15, 0.2) is 40.9 Å². The summed E-state index contributed by atoms with van der Waals surface area (Å²) in [5, 5.41) is 12.9. The van der Waals surface area contributed by atoms with Crippen molar-refractivity contribution in [1.82, 2.24) is 0 Å². The highest BCUT2D eigenvalue weighted by molar-refractivity contribution is 9.10. The van der Waals surface area contributed by atoms with Gasteiger partial charge in [-0.05, 0) is 36.4 Å². The second-order valence-electron chi connectivity index (χ2n) is 4.11. The fourth-order valence-corrected chi connectivity index (χ4v) is 2.42. The first kappa shape index (κ1) is 14.7. The smallest absolute Gasteiger partial charge is 0.123 e. The van der Waals surface area contributed by atoms with Crippen LogP contribution in [0.1, 0.15) is 11.1 Å². The van der Waals surface area contributed by atoms with Crippen LogP contribution in [0, 0.1) is 11.3 Å². The van der Waals surface area contributed by atoms with Gasteiger partial charge in [-0.2, -0.15) is 5.26 Å². The molecule has 0 heterocycles.